The van der Waals surface area contributed by atoms with Crippen molar-refractivity contribution >= 4 is 39.7 Å². The molecule has 4 N–H and O–H groups in total. The Labute approximate surface area is 143 Å². The molecule has 0 atom stereocenters. The van der Waals surface area contributed by atoms with Crippen LogP contribution in [0, 0.1) is 5.82 Å². The molecular formula is C16H19FN4O2S. The Morgan fingerprint density at radius 3 is 2.46 bits per heavy atom. The van der Waals surface area contributed by atoms with Gasteiger partial charge in [0.15, 0.2) is 5.13 Å². The minimum atomic E-state index is -0.443. The summed E-state index contributed by atoms with van der Waals surface area (Å²) >= 11 is 1.37. The molecule has 1 aromatic heterocycles. The molecule has 0 aliphatic heterocycles. The zero-order valence-corrected chi connectivity index (χ0v) is 13.9. The number of amides is 2. The number of unbranched alkanes of at least 4 members (excludes halogenated alkanes) is 2. The molecule has 0 spiro atoms. The van der Waals surface area contributed by atoms with Crippen molar-refractivity contribution in [1.82, 2.24) is 4.98 Å². The summed E-state index contributed by atoms with van der Waals surface area (Å²) in [4.78, 5) is 27.4. The average molecular weight is 350 g/mol. The Balaban J connectivity index is 1.60. The minimum Gasteiger partial charge on any atom is -0.397 e. The summed E-state index contributed by atoms with van der Waals surface area (Å²) < 4.78 is 12.9. The molecular weight excluding hydrogens is 331 g/mol. The third-order valence-corrected chi connectivity index (χ3v) is 3.96. The van der Waals surface area contributed by atoms with Gasteiger partial charge in [0.25, 0.3) is 0 Å². The predicted octanol–water partition coefficient (Wildman–Crippen LogP) is 3.39. The summed E-state index contributed by atoms with van der Waals surface area (Å²) in [6.07, 6.45) is 4.47. The van der Waals surface area contributed by atoms with Crippen molar-refractivity contribution in [3.8, 4) is 0 Å². The Bertz CT molecular complexity index is 691. The van der Waals surface area contributed by atoms with Gasteiger partial charge in [-0.25, -0.2) is 9.37 Å². The maximum absolute atomic E-state index is 12.9. The van der Waals surface area contributed by atoms with Crippen LogP contribution in [0.3, 0.4) is 0 Å². The number of aromatic nitrogens is 1. The van der Waals surface area contributed by atoms with E-state index in [1.165, 1.54) is 23.5 Å². The molecule has 2 amide bonds. The predicted molar refractivity (Wildman–Crippen MR) is 93.3 cm³/mol. The number of benzene rings is 1. The van der Waals surface area contributed by atoms with Crippen LogP contribution >= 0.6 is 11.3 Å². The molecule has 0 unspecified atom stereocenters. The van der Waals surface area contributed by atoms with Crippen LogP contribution in [0.15, 0.2) is 29.8 Å². The van der Waals surface area contributed by atoms with Gasteiger partial charge in [0.05, 0.1) is 11.4 Å². The highest BCUT2D eigenvalue weighted by Crippen LogP contribution is 2.19. The van der Waals surface area contributed by atoms with Crippen LogP contribution in [-0.4, -0.2) is 16.8 Å². The number of hydrogen-bond donors (Lipinski definition) is 3. The van der Waals surface area contributed by atoms with E-state index in [1.54, 1.807) is 11.6 Å². The Morgan fingerprint density at radius 1 is 1.12 bits per heavy atom. The summed E-state index contributed by atoms with van der Waals surface area (Å²) in [5.74, 6) is -0.699. The third kappa shape index (κ3) is 5.96. The van der Waals surface area contributed by atoms with Gasteiger partial charge in [0, 0.05) is 24.4 Å². The third-order valence-electron chi connectivity index (χ3n) is 3.27. The molecule has 0 bridgehead atoms. The molecule has 1 heterocycles. The van der Waals surface area contributed by atoms with Gasteiger partial charge in [0.2, 0.25) is 11.8 Å². The smallest absolute Gasteiger partial charge is 0.226 e. The van der Waals surface area contributed by atoms with Crippen molar-refractivity contribution in [2.75, 3.05) is 16.4 Å². The number of nitrogen functional groups attached to an aromatic ring is 1. The lowest BCUT2D eigenvalue weighted by Crippen LogP contribution is -2.13. The molecule has 128 valence electrons. The molecule has 2 rings (SSSR count). The molecule has 0 fully saturated rings. The quantitative estimate of drug-likeness (QED) is 0.502. The highest BCUT2D eigenvalue weighted by molar-refractivity contribution is 7.13. The number of carbonyl (C=O) groups is 2. The number of nitrogens with one attached hydrogen (secondary N) is 2. The van der Waals surface area contributed by atoms with Gasteiger partial charge in [-0.15, -0.1) is 11.3 Å². The fourth-order valence-corrected chi connectivity index (χ4v) is 2.62. The average Bonchev–Trinajstić information content (AvgIpc) is 3.02. The maximum Gasteiger partial charge on any atom is 0.226 e. The van der Waals surface area contributed by atoms with Crippen LogP contribution in [0.2, 0.25) is 0 Å². The van der Waals surface area contributed by atoms with E-state index in [1.807, 2.05) is 0 Å². The van der Waals surface area contributed by atoms with Gasteiger partial charge in [0.1, 0.15) is 5.82 Å². The second-order valence-corrected chi connectivity index (χ2v) is 6.12. The molecule has 8 heteroatoms. The van der Waals surface area contributed by atoms with Crippen molar-refractivity contribution in [3.05, 3.63) is 35.6 Å². The van der Waals surface area contributed by atoms with Gasteiger partial charge in [-0.3, -0.25) is 9.59 Å². The Morgan fingerprint density at radius 2 is 1.83 bits per heavy atom. The lowest BCUT2D eigenvalue weighted by Gasteiger charge is -2.08. The van der Waals surface area contributed by atoms with E-state index in [0.717, 1.165) is 12.5 Å². The van der Waals surface area contributed by atoms with Crippen molar-refractivity contribution in [1.29, 1.82) is 0 Å². The molecule has 0 radical (unpaired) electrons. The standard InChI is InChI=1S/C16H19FN4O2S/c17-11-6-7-13(12(18)10-11)20-14(22)4-2-1-3-5-15(23)21-16-19-8-9-24-16/h6-10H,1-5,18H2,(H,20,22)(H,19,21,23). The van der Waals surface area contributed by atoms with Gasteiger partial charge < -0.3 is 16.4 Å². The summed E-state index contributed by atoms with van der Waals surface area (Å²) in [7, 11) is 0. The van der Waals surface area contributed by atoms with E-state index in [0.29, 0.717) is 36.5 Å². The number of nitrogens with two attached hydrogens (primary N) is 1. The fourth-order valence-electron chi connectivity index (χ4n) is 2.07. The van der Waals surface area contributed by atoms with Gasteiger partial charge >= 0.3 is 0 Å². The van der Waals surface area contributed by atoms with Crippen LogP contribution < -0.4 is 16.4 Å². The SMILES string of the molecule is Nc1cc(F)ccc1NC(=O)CCCCCC(=O)Nc1nccs1. The van der Waals surface area contributed by atoms with Crippen molar-refractivity contribution in [2.24, 2.45) is 0 Å². The second-order valence-electron chi connectivity index (χ2n) is 5.23. The molecule has 2 aromatic rings. The highest BCUT2D eigenvalue weighted by atomic mass is 32.1. The zero-order chi connectivity index (χ0) is 17.4. The largest absolute Gasteiger partial charge is 0.397 e. The monoisotopic (exact) mass is 350 g/mol. The van der Waals surface area contributed by atoms with E-state index in [-0.39, 0.29) is 17.5 Å². The lowest BCUT2D eigenvalue weighted by molar-refractivity contribution is -0.116. The molecule has 0 saturated carbocycles. The number of thiazole rings is 1. The summed E-state index contributed by atoms with van der Waals surface area (Å²) in [6.45, 7) is 0. The number of carbonyl (C=O) groups excluding carboxylic acids is 2. The van der Waals surface area contributed by atoms with Crippen LogP contribution in [-0.2, 0) is 9.59 Å². The highest BCUT2D eigenvalue weighted by Gasteiger charge is 2.07. The van der Waals surface area contributed by atoms with E-state index in [2.05, 4.69) is 15.6 Å². The summed E-state index contributed by atoms with van der Waals surface area (Å²) in [6, 6.07) is 3.84. The normalized spacial score (nSPS) is 10.4. The zero-order valence-electron chi connectivity index (χ0n) is 13.0. The topological polar surface area (TPSA) is 97.1 Å². The van der Waals surface area contributed by atoms with E-state index in [9.17, 15) is 14.0 Å². The van der Waals surface area contributed by atoms with Gasteiger partial charge in [-0.1, -0.05) is 6.42 Å². The number of nitrogens with zero attached hydrogens (tertiary/aromatic N) is 1. The van der Waals surface area contributed by atoms with Crippen molar-refractivity contribution in [3.63, 3.8) is 0 Å². The molecule has 24 heavy (non-hydrogen) atoms. The first-order chi connectivity index (χ1) is 11.5. The first-order valence-electron chi connectivity index (χ1n) is 7.59. The molecule has 1 aromatic carbocycles. The molecule has 6 nitrogen and oxygen atoms in total. The minimum absolute atomic E-state index is 0.0755. The Kier molecular flexibility index (Phi) is 6.68. The van der Waals surface area contributed by atoms with Crippen LogP contribution in [0.1, 0.15) is 32.1 Å². The number of hydrogen-bond acceptors (Lipinski definition) is 5. The van der Waals surface area contributed by atoms with Crippen molar-refractivity contribution in [2.45, 2.75) is 32.1 Å². The van der Waals surface area contributed by atoms with Gasteiger partial charge in [-0.05, 0) is 31.0 Å². The number of halogens is 1. The second kappa shape index (κ2) is 8.97. The number of rotatable bonds is 8. The first-order valence-corrected chi connectivity index (χ1v) is 8.47. The van der Waals surface area contributed by atoms with E-state index < -0.39 is 5.82 Å². The first kappa shape index (κ1) is 17.9. The van der Waals surface area contributed by atoms with Crippen molar-refractivity contribution < 1.29 is 14.0 Å². The van der Waals surface area contributed by atoms with Crippen LogP contribution in [0.25, 0.3) is 0 Å². The summed E-state index contributed by atoms with van der Waals surface area (Å²) in [5.41, 5.74) is 6.23. The number of anilines is 3. The summed E-state index contributed by atoms with van der Waals surface area (Å²) in [5, 5.41) is 7.75. The Hall–Kier alpha value is -2.48. The van der Waals surface area contributed by atoms with E-state index >= 15 is 0 Å². The maximum atomic E-state index is 12.9. The molecule has 0 aliphatic carbocycles. The van der Waals surface area contributed by atoms with Crippen LogP contribution in [0.4, 0.5) is 20.9 Å². The van der Waals surface area contributed by atoms with Crippen LogP contribution in [0.5, 0.6) is 0 Å². The molecule has 0 saturated heterocycles. The fraction of sp³-hybridized carbons (Fsp3) is 0.312. The van der Waals surface area contributed by atoms with Gasteiger partial charge in [-0.2, -0.15) is 0 Å². The van der Waals surface area contributed by atoms with E-state index in [4.69, 9.17) is 5.73 Å². The lowest BCUT2D eigenvalue weighted by atomic mass is 10.1. The molecule has 0 aliphatic rings.